The van der Waals surface area contributed by atoms with Gasteiger partial charge >= 0.3 is 6.18 Å². The van der Waals surface area contributed by atoms with E-state index in [1.165, 1.54) is 24.4 Å². The lowest BCUT2D eigenvalue weighted by molar-refractivity contribution is -0.141. The van der Waals surface area contributed by atoms with E-state index >= 15 is 0 Å². The quantitative estimate of drug-likeness (QED) is 0.496. The van der Waals surface area contributed by atoms with Gasteiger partial charge in [0.05, 0.1) is 22.5 Å². The van der Waals surface area contributed by atoms with Crippen LogP contribution < -0.4 is 10.5 Å². The Morgan fingerprint density at radius 2 is 1.88 bits per heavy atom. The van der Waals surface area contributed by atoms with Gasteiger partial charge in [0.25, 0.3) is 0 Å². The smallest absolute Gasteiger partial charge is 0.325 e. The third-order valence-corrected chi connectivity index (χ3v) is 6.38. The minimum Gasteiger partial charge on any atom is -0.325 e. The molecule has 1 aromatic heterocycles. The van der Waals surface area contributed by atoms with Gasteiger partial charge in [-0.05, 0) is 30.2 Å². The molecule has 1 heterocycles. The Labute approximate surface area is 186 Å². The predicted molar refractivity (Wildman–Crippen MR) is 116 cm³/mol. The Bertz CT molecular complexity index is 1230. The number of anilines is 1. The highest BCUT2D eigenvalue weighted by molar-refractivity contribution is 7.99. The molecular weight excluding hydrogens is 465 g/mol. The molecule has 3 rings (SSSR count). The molecule has 0 radical (unpaired) electrons. The minimum absolute atomic E-state index is 0.0328. The summed E-state index contributed by atoms with van der Waals surface area (Å²) in [6.45, 7) is 0.308. The second-order valence-corrected chi connectivity index (χ2v) is 9.33. The van der Waals surface area contributed by atoms with Crippen molar-refractivity contribution in [1.29, 1.82) is 0 Å². The summed E-state index contributed by atoms with van der Waals surface area (Å²) in [5.74, 6) is -0.774. The Morgan fingerprint density at radius 1 is 1.19 bits per heavy atom. The van der Waals surface area contributed by atoms with E-state index in [1.54, 1.807) is 37.3 Å². The highest BCUT2D eigenvalue weighted by Crippen LogP contribution is 2.30. The van der Waals surface area contributed by atoms with Gasteiger partial charge in [0.2, 0.25) is 15.9 Å². The van der Waals surface area contributed by atoms with Gasteiger partial charge in [0.1, 0.15) is 6.54 Å². The highest BCUT2D eigenvalue weighted by atomic mass is 32.2. The number of hydrogen-bond acceptors (Lipinski definition) is 5. The zero-order valence-corrected chi connectivity index (χ0v) is 18.4. The minimum atomic E-state index is -4.48. The molecule has 3 aromatic rings. The average Bonchev–Trinajstić information content (AvgIpc) is 3.08. The average molecular weight is 485 g/mol. The van der Waals surface area contributed by atoms with Crippen LogP contribution in [0.5, 0.6) is 0 Å². The van der Waals surface area contributed by atoms with Crippen LogP contribution in [0.25, 0.3) is 11.3 Å². The molecule has 0 bridgehead atoms. The number of nitrogens with one attached hydrogen (secondary N) is 1. The van der Waals surface area contributed by atoms with Crippen LogP contribution in [0.2, 0.25) is 0 Å². The summed E-state index contributed by atoms with van der Waals surface area (Å²) in [7, 11) is -3.97. The molecule has 0 aliphatic heterocycles. The zero-order chi connectivity index (χ0) is 23.5. The Kier molecular flexibility index (Phi) is 6.96. The second-order valence-electron chi connectivity index (χ2n) is 6.86. The van der Waals surface area contributed by atoms with Crippen LogP contribution in [0.15, 0.2) is 64.8 Å². The van der Waals surface area contributed by atoms with E-state index in [1.807, 2.05) is 0 Å². The van der Waals surface area contributed by atoms with E-state index < -0.39 is 28.7 Å². The topological polar surface area (TPSA) is 107 Å². The maximum Gasteiger partial charge on any atom is 0.406 e. The summed E-state index contributed by atoms with van der Waals surface area (Å²) in [6.07, 6.45) is -3.15. The van der Waals surface area contributed by atoms with Crippen molar-refractivity contribution >= 4 is 33.4 Å². The summed E-state index contributed by atoms with van der Waals surface area (Å²) in [6, 6.07) is 12.7. The van der Waals surface area contributed by atoms with Gasteiger partial charge in [-0.25, -0.2) is 18.5 Å². The number of sulfonamides is 1. The molecule has 1 amide bonds. The fraction of sp³-hybridized carbons (Fsp3) is 0.200. The Hall–Kier alpha value is -2.83. The maximum atomic E-state index is 13.2. The molecule has 7 nitrogen and oxygen atoms in total. The van der Waals surface area contributed by atoms with E-state index in [9.17, 15) is 26.4 Å². The number of alkyl halides is 3. The van der Waals surface area contributed by atoms with Crippen molar-refractivity contribution in [2.75, 3.05) is 11.1 Å². The first kappa shape index (κ1) is 23.8. The summed E-state index contributed by atoms with van der Waals surface area (Å²) >= 11 is 0.840. The number of aromatic nitrogens is 2. The lowest BCUT2D eigenvalue weighted by Gasteiger charge is -2.14. The molecule has 0 fully saturated rings. The maximum absolute atomic E-state index is 13.2. The number of benzene rings is 2. The summed E-state index contributed by atoms with van der Waals surface area (Å²) < 4.78 is 63.7. The first-order valence-electron chi connectivity index (χ1n) is 9.18. The number of thioether (sulfide) groups is 1. The molecule has 0 atom stereocenters. The lowest BCUT2D eigenvalue weighted by Crippen LogP contribution is -2.20. The fourth-order valence-corrected chi connectivity index (χ4v) is 4.54. The third kappa shape index (κ3) is 6.11. The normalized spacial score (nSPS) is 12.0. The monoisotopic (exact) mass is 484 g/mol. The SMILES string of the molecule is Cc1ccc(NC(=O)CSc2ncc(-c3ccccc3)n2CC(F)(F)F)cc1S(N)(=O)=O. The predicted octanol–water partition coefficient (Wildman–Crippen LogP) is 3.80. The number of imidazole rings is 1. The molecule has 0 aliphatic carbocycles. The van der Waals surface area contributed by atoms with E-state index in [-0.39, 0.29) is 27.2 Å². The van der Waals surface area contributed by atoms with Crippen molar-refractivity contribution in [3.8, 4) is 11.3 Å². The lowest BCUT2D eigenvalue weighted by atomic mass is 10.2. The number of primary sulfonamides is 1. The number of nitrogens with zero attached hydrogens (tertiary/aromatic N) is 2. The molecule has 0 spiro atoms. The first-order valence-corrected chi connectivity index (χ1v) is 11.7. The van der Waals surface area contributed by atoms with E-state index in [0.717, 1.165) is 16.3 Å². The van der Waals surface area contributed by atoms with E-state index in [2.05, 4.69) is 10.3 Å². The van der Waals surface area contributed by atoms with Gasteiger partial charge in [-0.15, -0.1) is 0 Å². The number of hydrogen-bond donors (Lipinski definition) is 2. The molecular formula is C20H19F3N4O3S2. The number of carbonyl (C=O) groups is 1. The number of nitrogens with two attached hydrogens (primary N) is 1. The van der Waals surface area contributed by atoms with Gasteiger partial charge < -0.3 is 9.88 Å². The fourth-order valence-electron chi connectivity index (χ4n) is 2.96. The van der Waals surface area contributed by atoms with Gasteiger partial charge in [-0.2, -0.15) is 13.2 Å². The van der Waals surface area contributed by atoms with Crippen molar-refractivity contribution in [3.05, 3.63) is 60.3 Å². The molecule has 170 valence electrons. The number of amides is 1. The van der Waals surface area contributed by atoms with Crippen LogP contribution in [0.3, 0.4) is 0 Å². The first-order chi connectivity index (χ1) is 14.9. The molecule has 32 heavy (non-hydrogen) atoms. The standard InChI is InChI=1S/C20H19F3N4O3S2/c1-13-7-8-15(9-17(13)32(24,29)30)26-18(28)11-31-19-25-10-16(14-5-3-2-4-6-14)27(19)12-20(21,22)23/h2-10H,11-12H2,1H3,(H,26,28)(H2,24,29,30). The van der Waals surface area contributed by atoms with Gasteiger partial charge in [0.15, 0.2) is 5.16 Å². The van der Waals surface area contributed by atoms with Crippen LogP contribution in [-0.4, -0.2) is 35.8 Å². The third-order valence-electron chi connectivity index (χ3n) is 4.34. The van der Waals surface area contributed by atoms with Gasteiger partial charge in [-0.1, -0.05) is 48.2 Å². The number of rotatable bonds is 7. The second kappa shape index (κ2) is 9.35. The van der Waals surface area contributed by atoms with Crippen LogP contribution in [-0.2, 0) is 21.4 Å². The largest absolute Gasteiger partial charge is 0.406 e. The molecule has 12 heteroatoms. The Balaban J connectivity index is 1.77. The van der Waals surface area contributed by atoms with Crippen LogP contribution in [0, 0.1) is 6.92 Å². The zero-order valence-electron chi connectivity index (χ0n) is 16.8. The molecule has 2 aromatic carbocycles. The van der Waals surface area contributed by atoms with Gasteiger partial charge in [-0.3, -0.25) is 4.79 Å². The van der Waals surface area contributed by atoms with E-state index in [0.29, 0.717) is 11.1 Å². The molecule has 0 saturated heterocycles. The number of aryl methyl sites for hydroxylation is 1. The van der Waals surface area contributed by atoms with E-state index in [4.69, 9.17) is 5.14 Å². The number of carbonyl (C=O) groups excluding carboxylic acids is 1. The molecule has 0 aliphatic rings. The van der Waals surface area contributed by atoms with Crippen molar-refractivity contribution in [2.24, 2.45) is 5.14 Å². The van der Waals surface area contributed by atoms with Crippen LogP contribution >= 0.6 is 11.8 Å². The molecule has 0 unspecified atom stereocenters. The number of halogens is 3. The van der Waals surface area contributed by atoms with Gasteiger partial charge in [0, 0.05) is 5.69 Å². The summed E-state index contributed by atoms with van der Waals surface area (Å²) in [5.41, 5.74) is 1.47. The van der Waals surface area contributed by atoms with Crippen molar-refractivity contribution < 1.29 is 26.4 Å². The van der Waals surface area contributed by atoms with Crippen LogP contribution in [0.1, 0.15) is 5.56 Å². The van der Waals surface area contributed by atoms with Crippen LogP contribution in [0.4, 0.5) is 18.9 Å². The highest BCUT2D eigenvalue weighted by Gasteiger charge is 2.31. The van der Waals surface area contributed by atoms with Crippen molar-refractivity contribution in [2.45, 2.75) is 29.7 Å². The molecule has 3 N–H and O–H groups in total. The van der Waals surface area contributed by atoms with Crippen molar-refractivity contribution in [1.82, 2.24) is 9.55 Å². The van der Waals surface area contributed by atoms with Crippen molar-refractivity contribution in [3.63, 3.8) is 0 Å². The summed E-state index contributed by atoms with van der Waals surface area (Å²) in [5, 5.41) is 7.71. The molecule has 0 saturated carbocycles. The summed E-state index contributed by atoms with van der Waals surface area (Å²) in [4.78, 5) is 16.3. The Morgan fingerprint density at radius 3 is 2.50 bits per heavy atom.